The zero-order valence-electron chi connectivity index (χ0n) is 14.9. The minimum atomic E-state index is -0.453. The van der Waals surface area contributed by atoms with Crippen LogP contribution in [0.15, 0.2) is 42.5 Å². The molecule has 0 spiro atoms. The number of hydrogen-bond donors (Lipinski definition) is 1. The van der Waals surface area contributed by atoms with Gasteiger partial charge in [0.25, 0.3) is 5.91 Å². The Kier molecular flexibility index (Phi) is 6.23. The third-order valence-electron chi connectivity index (χ3n) is 3.63. The van der Waals surface area contributed by atoms with Crippen LogP contribution in [0.1, 0.15) is 20.4 Å². The molecule has 1 N–H and O–H groups in total. The van der Waals surface area contributed by atoms with Crippen LogP contribution in [0.3, 0.4) is 0 Å². The highest BCUT2D eigenvalue weighted by Gasteiger charge is 2.15. The van der Waals surface area contributed by atoms with E-state index in [-0.39, 0.29) is 10.8 Å². The van der Waals surface area contributed by atoms with Crippen LogP contribution in [-0.2, 0) is 0 Å². The molecule has 0 aliphatic rings. The number of methoxy groups -OCH3 is 2. The fourth-order valence-corrected chi connectivity index (χ4v) is 3.21. The van der Waals surface area contributed by atoms with E-state index in [1.807, 2.05) is 6.07 Å². The van der Waals surface area contributed by atoms with Crippen molar-refractivity contribution in [3.63, 3.8) is 0 Å². The van der Waals surface area contributed by atoms with Crippen molar-refractivity contribution in [2.24, 2.45) is 0 Å². The van der Waals surface area contributed by atoms with E-state index in [9.17, 15) is 9.18 Å². The number of nitrogens with one attached hydrogen (secondary N) is 1. The Labute approximate surface area is 169 Å². The van der Waals surface area contributed by atoms with E-state index in [2.05, 4.69) is 15.5 Å². The average Bonchev–Trinajstić information content (AvgIpc) is 3.20. The van der Waals surface area contributed by atoms with Crippen molar-refractivity contribution in [1.29, 1.82) is 0 Å². The number of anilines is 1. The summed E-state index contributed by atoms with van der Waals surface area (Å²) in [4.78, 5) is 12.3. The van der Waals surface area contributed by atoms with Crippen LogP contribution < -0.4 is 14.8 Å². The molecule has 1 heterocycles. The Morgan fingerprint density at radius 2 is 1.75 bits per heavy atom. The zero-order chi connectivity index (χ0) is 20.1. The molecule has 3 rings (SSSR count). The molecule has 1 amide bonds. The number of carbonyl (C=O) groups excluding carboxylic acids is 1. The van der Waals surface area contributed by atoms with Crippen LogP contribution in [0.2, 0.25) is 0 Å². The van der Waals surface area contributed by atoms with E-state index in [4.69, 9.17) is 21.1 Å². The van der Waals surface area contributed by atoms with E-state index in [0.29, 0.717) is 27.2 Å². The number of benzene rings is 2. The fraction of sp³-hybridized carbons (Fsp3) is 0.105. The predicted octanol–water partition coefficient (Wildman–Crippen LogP) is 4.68. The topological polar surface area (TPSA) is 73.3 Å². The molecule has 0 aliphatic heterocycles. The van der Waals surface area contributed by atoms with Gasteiger partial charge < -0.3 is 14.8 Å². The lowest BCUT2D eigenvalue weighted by Gasteiger charge is -2.07. The SMILES string of the molecule is COc1ccc(/C=C(\Cl)c2nnc(C(=O)Nc3ccc(F)cc3)s2)cc1OC. The Balaban J connectivity index is 1.76. The van der Waals surface area contributed by atoms with Crippen molar-refractivity contribution >= 4 is 45.6 Å². The summed E-state index contributed by atoms with van der Waals surface area (Å²) in [5.74, 6) is 0.331. The number of ether oxygens (including phenoxy) is 2. The molecule has 9 heteroatoms. The molecule has 0 fully saturated rings. The first-order chi connectivity index (χ1) is 13.5. The molecular formula is C19H15ClFN3O3S. The van der Waals surface area contributed by atoms with Gasteiger partial charge in [-0.15, -0.1) is 10.2 Å². The maximum Gasteiger partial charge on any atom is 0.286 e. The highest BCUT2D eigenvalue weighted by atomic mass is 35.5. The number of amides is 1. The first kappa shape index (κ1) is 19.8. The molecule has 6 nitrogen and oxygen atoms in total. The fourth-order valence-electron chi connectivity index (χ4n) is 2.28. The van der Waals surface area contributed by atoms with Gasteiger partial charge in [-0.05, 0) is 48.0 Å². The molecule has 1 aromatic heterocycles. The number of aromatic nitrogens is 2. The molecule has 0 radical (unpaired) electrons. The first-order valence-electron chi connectivity index (χ1n) is 8.00. The highest BCUT2D eigenvalue weighted by Crippen LogP contribution is 2.31. The maximum absolute atomic E-state index is 12.9. The van der Waals surface area contributed by atoms with E-state index in [0.717, 1.165) is 16.9 Å². The minimum Gasteiger partial charge on any atom is -0.493 e. The summed E-state index contributed by atoms with van der Waals surface area (Å²) >= 11 is 7.37. The Hall–Kier alpha value is -2.97. The lowest BCUT2D eigenvalue weighted by molar-refractivity contribution is 0.102. The molecule has 144 valence electrons. The third-order valence-corrected chi connectivity index (χ3v) is 4.98. The van der Waals surface area contributed by atoms with Gasteiger partial charge in [0.05, 0.1) is 19.3 Å². The normalized spacial score (nSPS) is 11.2. The van der Waals surface area contributed by atoms with Gasteiger partial charge in [-0.3, -0.25) is 4.79 Å². The molecule has 0 saturated carbocycles. The summed E-state index contributed by atoms with van der Waals surface area (Å²) in [6.07, 6.45) is 1.69. The Morgan fingerprint density at radius 3 is 2.43 bits per heavy atom. The van der Waals surface area contributed by atoms with Crippen molar-refractivity contribution < 1.29 is 18.7 Å². The van der Waals surface area contributed by atoms with Crippen LogP contribution in [0.25, 0.3) is 11.1 Å². The van der Waals surface area contributed by atoms with Crippen molar-refractivity contribution in [2.75, 3.05) is 19.5 Å². The second-order valence-corrected chi connectivity index (χ2v) is 6.86. The molecule has 0 aliphatic carbocycles. The second kappa shape index (κ2) is 8.81. The lowest BCUT2D eigenvalue weighted by atomic mass is 10.2. The van der Waals surface area contributed by atoms with Crippen LogP contribution in [0.5, 0.6) is 11.5 Å². The van der Waals surface area contributed by atoms with Crippen LogP contribution >= 0.6 is 22.9 Å². The smallest absolute Gasteiger partial charge is 0.286 e. The zero-order valence-corrected chi connectivity index (χ0v) is 16.5. The number of nitrogens with zero attached hydrogens (tertiary/aromatic N) is 2. The third kappa shape index (κ3) is 4.65. The van der Waals surface area contributed by atoms with Gasteiger partial charge >= 0.3 is 0 Å². The predicted molar refractivity (Wildman–Crippen MR) is 108 cm³/mol. The summed E-state index contributed by atoms with van der Waals surface area (Å²) in [5.41, 5.74) is 1.23. The molecule has 0 bridgehead atoms. The quantitative estimate of drug-likeness (QED) is 0.627. The number of carbonyl (C=O) groups is 1. The standard InChI is InChI=1S/C19H15ClFN3O3S/c1-26-15-8-3-11(10-16(15)27-2)9-14(20)18-23-24-19(28-18)17(25)22-13-6-4-12(21)5-7-13/h3-10H,1-2H3,(H,22,25)/b14-9-. The van der Waals surface area contributed by atoms with E-state index < -0.39 is 5.91 Å². The van der Waals surface area contributed by atoms with E-state index in [1.54, 1.807) is 32.4 Å². The summed E-state index contributed by atoms with van der Waals surface area (Å²) in [6, 6.07) is 10.8. The van der Waals surface area contributed by atoms with Gasteiger partial charge in [-0.1, -0.05) is 29.0 Å². The minimum absolute atomic E-state index is 0.137. The van der Waals surface area contributed by atoms with Crippen molar-refractivity contribution in [2.45, 2.75) is 0 Å². The van der Waals surface area contributed by atoms with Gasteiger partial charge in [0.2, 0.25) is 5.01 Å². The lowest BCUT2D eigenvalue weighted by Crippen LogP contribution is -2.11. The van der Waals surface area contributed by atoms with Crippen molar-refractivity contribution in [3.05, 3.63) is 63.9 Å². The van der Waals surface area contributed by atoms with Crippen molar-refractivity contribution in [3.8, 4) is 11.5 Å². The molecule has 0 unspecified atom stereocenters. The number of rotatable bonds is 6. The monoisotopic (exact) mass is 419 g/mol. The van der Waals surface area contributed by atoms with Gasteiger partial charge in [-0.2, -0.15) is 0 Å². The van der Waals surface area contributed by atoms with Crippen LogP contribution in [0, 0.1) is 5.82 Å². The van der Waals surface area contributed by atoms with E-state index in [1.165, 1.54) is 24.3 Å². The highest BCUT2D eigenvalue weighted by molar-refractivity contribution is 7.15. The number of hydrogen-bond acceptors (Lipinski definition) is 6. The van der Waals surface area contributed by atoms with Crippen LogP contribution in [0.4, 0.5) is 10.1 Å². The van der Waals surface area contributed by atoms with Gasteiger partial charge in [0.1, 0.15) is 5.82 Å². The maximum atomic E-state index is 12.9. The van der Waals surface area contributed by atoms with Gasteiger partial charge in [0.15, 0.2) is 16.5 Å². The summed E-state index contributed by atoms with van der Waals surface area (Å²) in [5, 5.41) is 11.3. The average molecular weight is 420 g/mol. The Morgan fingerprint density at radius 1 is 1.07 bits per heavy atom. The Bertz CT molecular complexity index is 1020. The number of halogens is 2. The van der Waals surface area contributed by atoms with Gasteiger partial charge in [-0.25, -0.2) is 4.39 Å². The summed E-state index contributed by atoms with van der Waals surface area (Å²) in [6.45, 7) is 0. The summed E-state index contributed by atoms with van der Waals surface area (Å²) in [7, 11) is 3.10. The summed E-state index contributed by atoms with van der Waals surface area (Å²) < 4.78 is 23.4. The molecule has 3 aromatic rings. The second-order valence-electron chi connectivity index (χ2n) is 5.48. The molecule has 28 heavy (non-hydrogen) atoms. The molecule has 2 aromatic carbocycles. The van der Waals surface area contributed by atoms with Crippen LogP contribution in [-0.4, -0.2) is 30.3 Å². The molecule has 0 atom stereocenters. The van der Waals surface area contributed by atoms with Gasteiger partial charge in [0, 0.05) is 5.69 Å². The molecule has 0 saturated heterocycles. The van der Waals surface area contributed by atoms with E-state index >= 15 is 0 Å². The largest absolute Gasteiger partial charge is 0.493 e. The first-order valence-corrected chi connectivity index (χ1v) is 9.19. The molecular weight excluding hydrogens is 405 g/mol. The van der Waals surface area contributed by atoms with Crippen molar-refractivity contribution in [1.82, 2.24) is 10.2 Å².